The lowest BCUT2D eigenvalue weighted by Crippen LogP contribution is -2.43. The van der Waals surface area contributed by atoms with Gasteiger partial charge in [0.25, 0.3) is 0 Å². The Balaban J connectivity index is 1.68. The summed E-state index contributed by atoms with van der Waals surface area (Å²) in [5.74, 6) is 0.126. The predicted molar refractivity (Wildman–Crippen MR) is 109 cm³/mol. The van der Waals surface area contributed by atoms with Gasteiger partial charge in [-0.15, -0.1) is 0 Å². The van der Waals surface area contributed by atoms with Crippen molar-refractivity contribution in [3.63, 3.8) is 0 Å². The third kappa shape index (κ3) is 4.91. The molecule has 2 aromatic carbocycles. The Kier molecular flexibility index (Phi) is 6.36. The van der Waals surface area contributed by atoms with Crippen LogP contribution in [-0.4, -0.2) is 37.8 Å². The maximum Gasteiger partial charge on any atom is 0.243 e. The molecule has 6 nitrogen and oxygen atoms in total. The Morgan fingerprint density at radius 3 is 2.61 bits per heavy atom. The lowest BCUT2D eigenvalue weighted by atomic mass is 9.98. The standard InChI is InChI=1S/C21H26N2O4S/c1-16(2)27-19-10-6-9-18(14-19)22-21(24)17-8-7-13-23(15-17)28(25,26)20-11-4-3-5-12-20/h3-6,9-12,14,16-17H,7-8,13,15H2,1-2H3,(H,22,24)/t17-/m0/s1. The first kappa shape index (κ1) is 20.4. The summed E-state index contributed by atoms with van der Waals surface area (Å²) in [4.78, 5) is 13.0. The zero-order valence-electron chi connectivity index (χ0n) is 16.2. The van der Waals surface area contributed by atoms with E-state index in [0.29, 0.717) is 30.8 Å². The Morgan fingerprint density at radius 1 is 1.14 bits per heavy atom. The molecule has 1 N–H and O–H groups in total. The molecule has 1 saturated heterocycles. The Morgan fingerprint density at radius 2 is 1.89 bits per heavy atom. The maximum atomic E-state index is 12.8. The summed E-state index contributed by atoms with van der Waals surface area (Å²) >= 11 is 0. The number of ether oxygens (including phenoxy) is 1. The van der Waals surface area contributed by atoms with Gasteiger partial charge in [0.1, 0.15) is 5.75 Å². The van der Waals surface area contributed by atoms with Crippen LogP contribution >= 0.6 is 0 Å². The SMILES string of the molecule is CC(C)Oc1cccc(NC(=O)[C@H]2CCCN(S(=O)(=O)c3ccccc3)C2)c1. The van der Waals surface area contributed by atoms with E-state index in [1.165, 1.54) is 4.31 Å². The summed E-state index contributed by atoms with van der Waals surface area (Å²) in [6.07, 6.45) is 1.36. The van der Waals surface area contributed by atoms with Crippen molar-refractivity contribution in [2.45, 2.75) is 37.7 Å². The van der Waals surface area contributed by atoms with Crippen molar-refractivity contribution in [1.29, 1.82) is 0 Å². The molecule has 0 bridgehead atoms. The monoisotopic (exact) mass is 402 g/mol. The van der Waals surface area contributed by atoms with E-state index in [-0.39, 0.29) is 29.4 Å². The molecule has 1 heterocycles. The highest BCUT2D eigenvalue weighted by atomic mass is 32.2. The largest absolute Gasteiger partial charge is 0.491 e. The second kappa shape index (κ2) is 8.75. The van der Waals surface area contributed by atoms with Crippen molar-refractivity contribution in [2.24, 2.45) is 5.92 Å². The van der Waals surface area contributed by atoms with E-state index < -0.39 is 10.0 Å². The first-order valence-electron chi connectivity index (χ1n) is 9.49. The van der Waals surface area contributed by atoms with Crippen LogP contribution in [0.5, 0.6) is 5.75 Å². The zero-order valence-corrected chi connectivity index (χ0v) is 17.0. The lowest BCUT2D eigenvalue weighted by molar-refractivity contribution is -0.120. The number of rotatable bonds is 6. The molecule has 1 atom stereocenters. The molecular formula is C21H26N2O4S. The number of hydrogen-bond acceptors (Lipinski definition) is 4. The molecule has 1 aliphatic rings. The van der Waals surface area contributed by atoms with Crippen molar-refractivity contribution in [3.8, 4) is 5.75 Å². The number of piperidine rings is 1. The number of anilines is 1. The van der Waals surface area contributed by atoms with E-state index in [9.17, 15) is 13.2 Å². The summed E-state index contributed by atoms with van der Waals surface area (Å²) in [5, 5.41) is 2.90. The normalized spacial score (nSPS) is 18.0. The minimum atomic E-state index is -3.59. The number of benzene rings is 2. The minimum absolute atomic E-state index is 0.0426. The van der Waals surface area contributed by atoms with Crippen LogP contribution in [0.4, 0.5) is 5.69 Å². The van der Waals surface area contributed by atoms with Gasteiger partial charge in [-0.3, -0.25) is 4.79 Å². The summed E-state index contributed by atoms with van der Waals surface area (Å²) in [6.45, 7) is 4.49. The number of nitrogens with zero attached hydrogens (tertiary/aromatic N) is 1. The number of nitrogens with one attached hydrogen (secondary N) is 1. The van der Waals surface area contributed by atoms with E-state index in [1.54, 1.807) is 42.5 Å². The third-order valence-electron chi connectivity index (χ3n) is 4.61. The van der Waals surface area contributed by atoms with Crippen molar-refractivity contribution < 1.29 is 17.9 Å². The number of carbonyl (C=O) groups excluding carboxylic acids is 1. The predicted octanol–water partition coefficient (Wildman–Crippen LogP) is 3.51. The molecule has 0 saturated carbocycles. The number of sulfonamides is 1. The Hall–Kier alpha value is -2.38. The van der Waals surface area contributed by atoms with Crippen LogP contribution < -0.4 is 10.1 Å². The van der Waals surface area contributed by atoms with E-state index in [4.69, 9.17) is 4.74 Å². The molecule has 0 unspecified atom stereocenters. The molecule has 1 aliphatic heterocycles. The van der Waals surface area contributed by atoms with E-state index in [0.717, 1.165) is 0 Å². The zero-order chi connectivity index (χ0) is 20.1. The van der Waals surface area contributed by atoms with Gasteiger partial charge < -0.3 is 10.1 Å². The van der Waals surface area contributed by atoms with Crippen LogP contribution in [0.2, 0.25) is 0 Å². The topological polar surface area (TPSA) is 75.7 Å². The van der Waals surface area contributed by atoms with Gasteiger partial charge in [-0.2, -0.15) is 4.31 Å². The van der Waals surface area contributed by atoms with Crippen LogP contribution in [0.3, 0.4) is 0 Å². The molecule has 7 heteroatoms. The summed E-state index contributed by atoms with van der Waals surface area (Å²) in [6, 6.07) is 15.6. The van der Waals surface area contributed by atoms with Gasteiger partial charge in [-0.05, 0) is 51.0 Å². The molecule has 150 valence electrons. The van der Waals surface area contributed by atoms with Crippen molar-refractivity contribution in [3.05, 3.63) is 54.6 Å². The first-order valence-corrected chi connectivity index (χ1v) is 10.9. The van der Waals surface area contributed by atoms with Gasteiger partial charge in [0.15, 0.2) is 0 Å². The van der Waals surface area contributed by atoms with Gasteiger partial charge >= 0.3 is 0 Å². The van der Waals surface area contributed by atoms with Crippen LogP contribution in [0, 0.1) is 5.92 Å². The second-order valence-electron chi connectivity index (χ2n) is 7.20. The Labute approximate surface area is 166 Å². The first-order chi connectivity index (χ1) is 13.4. The fourth-order valence-electron chi connectivity index (χ4n) is 3.28. The van der Waals surface area contributed by atoms with Crippen LogP contribution in [-0.2, 0) is 14.8 Å². The van der Waals surface area contributed by atoms with Gasteiger partial charge in [0.05, 0.1) is 16.9 Å². The van der Waals surface area contributed by atoms with Gasteiger partial charge in [0, 0.05) is 24.8 Å². The molecule has 0 aromatic heterocycles. The fourth-order valence-corrected chi connectivity index (χ4v) is 4.82. The van der Waals surface area contributed by atoms with Gasteiger partial charge in [-0.25, -0.2) is 8.42 Å². The van der Waals surface area contributed by atoms with Crippen LogP contribution in [0.15, 0.2) is 59.5 Å². The average Bonchev–Trinajstić information content (AvgIpc) is 2.68. The van der Waals surface area contributed by atoms with Crippen molar-refractivity contribution >= 4 is 21.6 Å². The molecule has 0 aliphatic carbocycles. The van der Waals surface area contributed by atoms with Gasteiger partial charge in [0.2, 0.25) is 15.9 Å². The van der Waals surface area contributed by atoms with E-state index >= 15 is 0 Å². The highest BCUT2D eigenvalue weighted by molar-refractivity contribution is 7.89. The van der Waals surface area contributed by atoms with Gasteiger partial charge in [-0.1, -0.05) is 24.3 Å². The number of hydrogen-bond donors (Lipinski definition) is 1. The van der Waals surface area contributed by atoms with Crippen molar-refractivity contribution in [2.75, 3.05) is 18.4 Å². The molecule has 1 amide bonds. The van der Waals surface area contributed by atoms with Crippen LogP contribution in [0.25, 0.3) is 0 Å². The summed E-state index contributed by atoms with van der Waals surface area (Å²) in [7, 11) is -3.59. The highest BCUT2D eigenvalue weighted by Crippen LogP contribution is 2.25. The maximum absolute atomic E-state index is 12.8. The van der Waals surface area contributed by atoms with E-state index in [2.05, 4.69) is 5.32 Å². The van der Waals surface area contributed by atoms with E-state index in [1.807, 2.05) is 26.0 Å². The molecule has 28 heavy (non-hydrogen) atoms. The molecule has 0 radical (unpaired) electrons. The molecule has 0 spiro atoms. The average molecular weight is 403 g/mol. The van der Waals surface area contributed by atoms with Crippen LogP contribution in [0.1, 0.15) is 26.7 Å². The second-order valence-corrected chi connectivity index (χ2v) is 9.14. The number of amides is 1. The lowest BCUT2D eigenvalue weighted by Gasteiger charge is -2.31. The molecule has 1 fully saturated rings. The number of carbonyl (C=O) groups is 1. The molecule has 3 rings (SSSR count). The molecule has 2 aromatic rings. The van der Waals surface area contributed by atoms with Crippen molar-refractivity contribution in [1.82, 2.24) is 4.31 Å². The third-order valence-corrected chi connectivity index (χ3v) is 6.49. The summed E-state index contributed by atoms with van der Waals surface area (Å²) < 4.78 is 32.7. The minimum Gasteiger partial charge on any atom is -0.491 e. The Bertz CT molecular complexity index is 913. The smallest absolute Gasteiger partial charge is 0.243 e. The summed E-state index contributed by atoms with van der Waals surface area (Å²) in [5.41, 5.74) is 0.645. The highest BCUT2D eigenvalue weighted by Gasteiger charge is 2.33. The fraction of sp³-hybridized carbons (Fsp3) is 0.381. The quantitative estimate of drug-likeness (QED) is 0.802. The molecular weight excluding hydrogens is 376 g/mol.